The van der Waals surface area contributed by atoms with E-state index in [9.17, 15) is 0 Å². The summed E-state index contributed by atoms with van der Waals surface area (Å²) >= 11 is 0. The third kappa shape index (κ3) is 3.32. The first-order valence-corrected chi connectivity index (χ1v) is 5.96. The van der Waals surface area contributed by atoms with Gasteiger partial charge in [-0.2, -0.15) is 5.10 Å². The highest BCUT2D eigenvalue weighted by molar-refractivity contribution is 5.19. The van der Waals surface area contributed by atoms with Crippen molar-refractivity contribution in [2.45, 2.75) is 33.4 Å². The molecule has 1 atom stereocenters. The molecule has 4 heteroatoms. The molecule has 0 amide bonds. The molecule has 92 valence electrons. The fourth-order valence-electron chi connectivity index (χ4n) is 1.82. The number of hydrogen-bond donors (Lipinski definition) is 1. The third-order valence-electron chi connectivity index (χ3n) is 2.88. The largest absolute Gasteiger partial charge is 0.310 e. The van der Waals surface area contributed by atoms with Crippen molar-refractivity contribution < 1.29 is 0 Å². The van der Waals surface area contributed by atoms with Crippen LogP contribution in [0.1, 0.15) is 31.1 Å². The lowest BCUT2D eigenvalue weighted by Gasteiger charge is -2.13. The van der Waals surface area contributed by atoms with Crippen molar-refractivity contribution in [3.8, 4) is 0 Å². The molecule has 0 radical (unpaired) electrons. The second kappa shape index (κ2) is 6.01. The molecule has 16 heavy (non-hydrogen) atoms. The predicted molar refractivity (Wildman–Crippen MR) is 67.6 cm³/mol. The van der Waals surface area contributed by atoms with Crippen molar-refractivity contribution >= 4 is 0 Å². The molecular weight excluding hydrogens is 200 g/mol. The summed E-state index contributed by atoms with van der Waals surface area (Å²) in [6, 6.07) is 0.387. The lowest BCUT2D eigenvalue weighted by Crippen LogP contribution is -2.21. The van der Waals surface area contributed by atoms with Gasteiger partial charge in [-0.05, 0) is 34.5 Å². The molecule has 1 N–H and O–H groups in total. The number of aromatic nitrogens is 2. The Morgan fingerprint density at radius 2 is 2.19 bits per heavy atom. The minimum atomic E-state index is 0.387. The highest BCUT2D eigenvalue weighted by Gasteiger charge is 2.11. The molecule has 1 heterocycles. The van der Waals surface area contributed by atoms with Gasteiger partial charge in [0.1, 0.15) is 0 Å². The van der Waals surface area contributed by atoms with Crippen LogP contribution in [0.15, 0.2) is 6.20 Å². The molecular formula is C12H24N4. The second-order valence-electron chi connectivity index (χ2n) is 4.49. The molecule has 1 aromatic heterocycles. The van der Waals surface area contributed by atoms with Crippen LogP contribution in [-0.2, 0) is 6.54 Å². The Hall–Kier alpha value is -0.870. The van der Waals surface area contributed by atoms with Crippen molar-refractivity contribution in [2.75, 3.05) is 27.2 Å². The molecule has 0 aliphatic rings. The number of hydrogen-bond acceptors (Lipinski definition) is 3. The van der Waals surface area contributed by atoms with Gasteiger partial charge in [-0.3, -0.25) is 4.68 Å². The van der Waals surface area contributed by atoms with Gasteiger partial charge >= 0.3 is 0 Å². The van der Waals surface area contributed by atoms with Crippen LogP contribution < -0.4 is 5.32 Å². The summed E-state index contributed by atoms with van der Waals surface area (Å²) in [4.78, 5) is 2.18. The summed E-state index contributed by atoms with van der Waals surface area (Å²) < 4.78 is 2.09. The van der Waals surface area contributed by atoms with Crippen LogP contribution in [0.4, 0.5) is 0 Å². The minimum absolute atomic E-state index is 0.387. The van der Waals surface area contributed by atoms with E-state index in [1.807, 2.05) is 6.20 Å². The van der Waals surface area contributed by atoms with Gasteiger partial charge in [0.05, 0.1) is 12.7 Å². The Balaban J connectivity index is 2.68. The maximum absolute atomic E-state index is 4.44. The molecule has 0 saturated heterocycles. The zero-order valence-corrected chi connectivity index (χ0v) is 11.1. The summed E-state index contributed by atoms with van der Waals surface area (Å²) in [5.41, 5.74) is 2.58. The maximum Gasteiger partial charge on any atom is 0.0540 e. The minimum Gasteiger partial charge on any atom is -0.310 e. The van der Waals surface area contributed by atoms with Crippen LogP contribution >= 0.6 is 0 Å². The lowest BCUT2D eigenvalue weighted by atomic mass is 10.1. The van der Waals surface area contributed by atoms with E-state index in [0.717, 1.165) is 19.6 Å². The van der Waals surface area contributed by atoms with Crippen LogP contribution in [0.3, 0.4) is 0 Å². The SMILES string of the molecule is CCNC(C)c1cnn(CCN(C)C)c1C. The lowest BCUT2D eigenvalue weighted by molar-refractivity contribution is 0.370. The highest BCUT2D eigenvalue weighted by atomic mass is 15.3. The standard InChI is InChI=1S/C12H24N4/c1-6-13-10(2)12-9-14-16(11(12)3)8-7-15(4)5/h9-10,13H,6-8H2,1-5H3. The van der Waals surface area contributed by atoms with Gasteiger partial charge in [-0.1, -0.05) is 6.92 Å². The number of likely N-dealkylation sites (N-methyl/N-ethyl adjacent to an activating group) is 1. The van der Waals surface area contributed by atoms with Crippen molar-refractivity contribution in [1.82, 2.24) is 20.0 Å². The summed E-state index contributed by atoms with van der Waals surface area (Å²) in [6.07, 6.45) is 1.98. The fourth-order valence-corrected chi connectivity index (χ4v) is 1.82. The van der Waals surface area contributed by atoms with E-state index < -0.39 is 0 Å². The first-order valence-electron chi connectivity index (χ1n) is 5.96. The van der Waals surface area contributed by atoms with Crippen LogP contribution in [0.5, 0.6) is 0 Å². The summed E-state index contributed by atoms with van der Waals surface area (Å²) in [5.74, 6) is 0. The van der Waals surface area contributed by atoms with E-state index in [0.29, 0.717) is 6.04 Å². The average molecular weight is 224 g/mol. The van der Waals surface area contributed by atoms with Crippen molar-refractivity contribution in [2.24, 2.45) is 0 Å². The smallest absolute Gasteiger partial charge is 0.0540 e. The molecule has 1 aromatic rings. The summed E-state index contributed by atoms with van der Waals surface area (Å²) in [6.45, 7) is 9.43. The Morgan fingerprint density at radius 3 is 2.75 bits per heavy atom. The molecule has 0 spiro atoms. The van der Waals surface area contributed by atoms with E-state index in [4.69, 9.17) is 0 Å². The average Bonchev–Trinajstić information content (AvgIpc) is 2.57. The predicted octanol–water partition coefficient (Wildman–Crippen LogP) is 1.42. The van der Waals surface area contributed by atoms with Gasteiger partial charge in [-0.15, -0.1) is 0 Å². The third-order valence-corrected chi connectivity index (χ3v) is 2.88. The molecule has 1 rings (SSSR count). The number of nitrogens with one attached hydrogen (secondary N) is 1. The van der Waals surface area contributed by atoms with E-state index in [2.05, 4.69) is 54.9 Å². The molecule has 0 aliphatic carbocycles. The highest BCUT2D eigenvalue weighted by Crippen LogP contribution is 2.16. The van der Waals surface area contributed by atoms with E-state index >= 15 is 0 Å². The first-order chi connectivity index (χ1) is 7.56. The van der Waals surface area contributed by atoms with Gasteiger partial charge in [0.15, 0.2) is 0 Å². The Morgan fingerprint density at radius 1 is 1.50 bits per heavy atom. The Labute approximate surface area is 98.6 Å². The molecule has 0 aliphatic heterocycles. The first kappa shape index (κ1) is 13.2. The van der Waals surface area contributed by atoms with Crippen LogP contribution in [0.25, 0.3) is 0 Å². The Kier molecular flexibility index (Phi) is 4.96. The monoisotopic (exact) mass is 224 g/mol. The van der Waals surface area contributed by atoms with Gasteiger partial charge < -0.3 is 10.2 Å². The van der Waals surface area contributed by atoms with E-state index in [1.165, 1.54) is 11.3 Å². The number of nitrogens with zero attached hydrogens (tertiary/aromatic N) is 3. The van der Waals surface area contributed by atoms with Gasteiger partial charge in [0.25, 0.3) is 0 Å². The molecule has 4 nitrogen and oxygen atoms in total. The van der Waals surface area contributed by atoms with E-state index in [-0.39, 0.29) is 0 Å². The summed E-state index contributed by atoms with van der Waals surface area (Å²) in [5, 5.41) is 7.86. The molecule has 0 aromatic carbocycles. The second-order valence-corrected chi connectivity index (χ2v) is 4.49. The van der Waals surface area contributed by atoms with Crippen molar-refractivity contribution in [3.05, 3.63) is 17.5 Å². The van der Waals surface area contributed by atoms with Gasteiger partial charge in [0.2, 0.25) is 0 Å². The topological polar surface area (TPSA) is 33.1 Å². The molecule has 1 unspecified atom stereocenters. The van der Waals surface area contributed by atoms with E-state index in [1.54, 1.807) is 0 Å². The van der Waals surface area contributed by atoms with Gasteiger partial charge in [-0.25, -0.2) is 0 Å². The molecule has 0 saturated carbocycles. The van der Waals surface area contributed by atoms with Gasteiger partial charge in [0, 0.05) is 23.8 Å². The van der Waals surface area contributed by atoms with Crippen LogP contribution in [0, 0.1) is 6.92 Å². The summed E-state index contributed by atoms with van der Waals surface area (Å²) in [7, 11) is 4.17. The van der Waals surface area contributed by atoms with Crippen LogP contribution in [-0.4, -0.2) is 41.9 Å². The van der Waals surface area contributed by atoms with Crippen molar-refractivity contribution in [3.63, 3.8) is 0 Å². The maximum atomic E-state index is 4.44. The molecule has 0 fully saturated rings. The quantitative estimate of drug-likeness (QED) is 0.793. The number of rotatable bonds is 6. The fraction of sp³-hybridized carbons (Fsp3) is 0.750. The zero-order chi connectivity index (χ0) is 12.1. The van der Waals surface area contributed by atoms with Crippen LogP contribution in [0.2, 0.25) is 0 Å². The van der Waals surface area contributed by atoms with Crippen molar-refractivity contribution in [1.29, 1.82) is 0 Å². The Bertz CT molecular complexity index is 317. The zero-order valence-electron chi connectivity index (χ0n) is 11.1. The normalized spacial score (nSPS) is 13.4. The molecule has 0 bridgehead atoms.